The summed E-state index contributed by atoms with van der Waals surface area (Å²) in [5.74, 6) is 0. The first kappa shape index (κ1) is 12.6. The smallest absolute Gasteiger partial charge is 0.0849 e. The van der Waals surface area contributed by atoms with Gasteiger partial charge >= 0.3 is 0 Å². The largest absolute Gasteiger partial charge is 0.394 e. The molecule has 1 atom stereocenters. The van der Waals surface area contributed by atoms with Crippen molar-refractivity contribution in [2.75, 3.05) is 26.4 Å². The van der Waals surface area contributed by atoms with Crippen LogP contribution in [0.15, 0.2) is 24.3 Å². The third-order valence-corrected chi connectivity index (χ3v) is 3.07. The standard InChI is InChI=1S/C14H20O3/c15-8-11-16-10-7-14-13-6-2-1-4-12(13)5-3-9-17-14/h1-2,4,6,14-15H,3,5,7-11H2. The number of aliphatic hydroxyl groups is 1. The van der Waals surface area contributed by atoms with E-state index >= 15 is 0 Å². The van der Waals surface area contributed by atoms with E-state index in [1.165, 1.54) is 11.1 Å². The molecule has 0 fully saturated rings. The maximum atomic E-state index is 8.65. The maximum absolute atomic E-state index is 8.65. The summed E-state index contributed by atoms with van der Waals surface area (Å²) in [5.41, 5.74) is 2.70. The second-order valence-corrected chi connectivity index (χ2v) is 4.29. The Morgan fingerprint density at radius 2 is 2.18 bits per heavy atom. The molecular weight excluding hydrogens is 216 g/mol. The summed E-state index contributed by atoms with van der Waals surface area (Å²) in [6.07, 6.45) is 3.19. The van der Waals surface area contributed by atoms with Crippen molar-refractivity contribution in [1.82, 2.24) is 0 Å². The molecule has 0 aromatic heterocycles. The number of rotatable bonds is 5. The van der Waals surface area contributed by atoms with Crippen molar-refractivity contribution in [2.24, 2.45) is 0 Å². The van der Waals surface area contributed by atoms with Gasteiger partial charge in [0.15, 0.2) is 0 Å². The molecule has 2 rings (SSSR count). The lowest BCUT2D eigenvalue weighted by atomic mass is 9.98. The van der Waals surface area contributed by atoms with Gasteiger partial charge in [0.25, 0.3) is 0 Å². The Kier molecular flexibility index (Phi) is 4.98. The molecule has 1 aliphatic rings. The topological polar surface area (TPSA) is 38.7 Å². The van der Waals surface area contributed by atoms with E-state index in [4.69, 9.17) is 14.6 Å². The number of fused-ring (bicyclic) bond motifs is 1. The van der Waals surface area contributed by atoms with Crippen LogP contribution in [0.1, 0.15) is 30.1 Å². The Morgan fingerprint density at radius 1 is 1.29 bits per heavy atom. The fourth-order valence-corrected chi connectivity index (χ4v) is 2.25. The van der Waals surface area contributed by atoms with Crippen LogP contribution in [-0.2, 0) is 15.9 Å². The van der Waals surface area contributed by atoms with Crippen LogP contribution in [0.4, 0.5) is 0 Å². The van der Waals surface area contributed by atoms with Crippen LogP contribution in [0.2, 0.25) is 0 Å². The van der Waals surface area contributed by atoms with Gasteiger partial charge in [-0.1, -0.05) is 24.3 Å². The summed E-state index contributed by atoms with van der Waals surface area (Å²) < 4.78 is 11.2. The molecule has 0 saturated carbocycles. The average molecular weight is 236 g/mol. The van der Waals surface area contributed by atoms with E-state index in [-0.39, 0.29) is 12.7 Å². The lowest BCUT2D eigenvalue weighted by Crippen LogP contribution is -2.09. The van der Waals surface area contributed by atoms with E-state index in [1.54, 1.807) is 0 Å². The summed E-state index contributed by atoms with van der Waals surface area (Å²) in [7, 11) is 0. The van der Waals surface area contributed by atoms with Crippen LogP contribution in [0.3, 0.4) is 0 Å². The van der Waals surface area contributed by atoms with Crippen LogP contribution >= 0.6 is 0 Å². The minimum Gasteiger partial charge on any atom is -0.394 e. The molecule has 1 heterocycles. The fraction of sp³-hybridized carbons (Fsp3) is 0.571. The number of hydrogen-bond donors (Lipinski definition) is 1. The van der Waals surface area contributed by atoms with E-state index in [0.717, 1.165) is 25.9 Å². The summed E-state index contributed by atoms with van der Waals surface area (Å²) in [6.45, 7) is 1.95. The summed E-state index contributed by atoms with van der Waals surface area (Å²) in [5, 5.41) is 8.65. The van der Waals surface area contributed by atoms with Crippen LogP contribution in [0.25, 0.3) is 0 Å². The van der Waals surface area contributed by atoms with Crippen LogP contribution in [-0.4, -0.2) is 31.5 Å². The minimum atomic E-state index is 0.0854. The van der Waals surface area contributed by atoms with Crippen molar-refractivity contribution in [1.29, 1.82) is 0 Å². The van der Waals surface area contributed by atoms with Crippen LogP contribution in [0.5, 0.6) is 0 Å². The maximum Gasteiger partial charge on any atom is 0.0849 e. The Morgan fingerprint density at radius 3 is 3.06 bits per heavy atom. The molecule has 1 aliphatic heterocycles. The predicted octanol–water partition coefficient (Wildman–Crippen LogP) is 2.09. The Bertz CT molecular complexity index is 338. The van der Waals surface area contributed by atoms with Gasteiger partial charge in [-0.15, -0.1) is 0 Å². The number of aliphatic hydroxyl groups excluding tert-OH is 1. The van der Waals surface area contributed by atoms with Gasteiger partial charge in [0.1, 0.15) is 0 Å². The molecule has 0 bridgehead atoms. The highest BCUT2D eigenvalue weighted by Crippen LogP contribution is 2.28. The molecule has 0 radical (unpaired) electrons. The SMILES string of the molecule is OCCOCCC1OCCCc2ccccc21. The number of ether oxygens (including phenoxy) is 2. The summed E-state index contributed by atoms with van der Waals surface area (Å²) in [4.78, 5) is 0. The monoisotopic (exact) mass is 236 g/mol. The van der Waals surface area contributed by atoms with Crippen molar-refractivity contribution in [3.63, 3.8) is 0 Å². The summed E-state index contributed by atoms with van der Waals surface area (Å²) >= 11 is 0. The van der Waals surface area contributed by atoms with Crippen LogP contribution in [0, 0.1) is 0 Å². The Labute approximate surface area is 102 Å². The quantitative estimate of drug-likeness (QED) is 0.796. The molecule has 0 spiro atoms. The van der Waals surface area contributed by atoms with Gasteiger partial charge in [0.2, 0.25) is 0 Å². The van der Waals surface area contributed by atoms with Crippen molar-refractivity contribution in [3.05, 3.63) is 35.4 Å². The second kappa shape index (κ2) is 6.74. The first-order chi connectivity index (χ1) is 8.42. The zero-order valence-corrected chi connectivity index (χ0v) is 10.1. The molecular formula is C14H20O3. The van der Waals surface area contributed by atoms with Crippen molar-refractivity contribution >= 4 is 0 Å². The molecule has 1 N–H and O–H groups in total. The van der Waals surface area contributed by atoms with Gasteiger partial charge in [0, 0.05) is 19.6 Å². The van der Waals surface area contributed by atoms with Gasteiger partial charge in [0.05, 0.1) is 19.3 Å². The number of benzene rings is 1. The molecule has 3 heteroatoms. The van der Waals surface area contributed by atoms with E-state index < -0.39 is 0 Å². The lowest BCUT2D eigenvalue weighted by molar-refractivity contribution is 0.0167. The van der Waals surface area contributed by atoms with Crippen LogP contribution < -0.4 is 0 Å². The van der Waals surface area contributed by atoms with E-state index in [2.05, 4.69) is 24.3 Å². The van der Waals surface area contributed by atoms with Crippen molar-refractivity contribution in [3.8, 4) is 0 Å². The first-order valence-electron chi connectivity index (χ1n) is 6.30. The first-order valence-corrected chi connectivity index (χ1v) is 6.30. The molecule has 0 saturated heterocycles. The highest BCUT2D eigenvalue weighted by molar-refractivity contribution is 5.30. The van der Waals surface area contributed by atoms with E-state index in [0.29, 0.717) is 13.2 Å². The molecule has 1 unspecified atom stereocenters. The Hall–Kier alpha value is -0.900. The third kappa shape index (κ3) is 3.53. The summed E-state index contributed by atoms with van der Waals surface area (Å²) in [6, 6.07) is 8.49. The molecule has 1 aromatic rings. The zero-order chi connectivity index (χ0) is 11.9. The third-order valence-electron chi connectivity index (χ3n) is 3.07. The van der Waals surface area contributed by atoms with Crippen molar-refractivity contribution < 1.29 is 14.6 Å². The van der Waals surface area contributed by atoms with E-state index in [1.807, 2.05) is 0 Å². The minimum absolute atomic E-state index is 0.0854. The fourth-order valence-electron chi connectivity index (χ4n) is 2.25. The molecule has 1 aromatic carbocycles. The lowest BCUT2D eigenvalue weighted by Gasteiger charge is -2.17. The zero-order valence-electron chi connectivity index (χ0n) is 10.1. The molecule has 17 heavy (non-hydrogen) atoms. The van der Waals surface area contributed by atoms with Gasteiger partial charge in [-0.3, -0.25) is 0 Å². The van der Waals surface area contributed by atoms with Gasteiger partial charge in [-0.25, -0.2) is 0 Å². The Balaban J connectivity index is 1.97. The number of hydrogen-bond acceptors (Lipinski definition) is 3. The van der Waals surface area contributed by atoms with Gasteiger partial charge in [-0.05, 0) is 24.0 Å². The highest BCUT2D eigenvalue weighted by atomic mass is 16.5. The van der Waals surface area contributed by atoms with Crippen molar-refractivity contribution in [2.45, 2.75) is 25.4 Å². The second-order valence-electron chi connectivity index (χ2n) is 4.29. The average Bonchev–Trinajstić information content (AvgIpc) is 2.57. The molecule has 3 nitrogen and oxygen atoms in total. The molecule has 94 valence electrons. The normalized spacial score (nSPS) is 19.7. The van der Waals surface area contributed by atoms with Gasteiger partial charge in [-0.2, -0.15) is 0 Å². The molecule has 0 aliphatic carbocycles. The van der Waals surface area contributed by atoms with E-state index in [9.17, 15) is 0 Å². The van der Waals surface area contributed by atoms with Gasteiger partial charge < -0.3 is 14.6 Å². The number of aryl methyl sites for hydroxylation is 1. The molecule has 0 amide bonds. The predicted molar refractivity (Wildman–Crippen MR) is 66.0 cm³/mol. The highest BCUT2D eigenvalue weighted by Gasteiger charge is 2.18.